The van der Waals surface area contributed by atoms with Gasteiger partial charge in [-0.25, -0.2) is 0 Å². The summed E-state index contributed by atoms with van der Waals surface area (Å²) in [7, 11) is 0. The third-order valence-electron chi connectivity index (χ3n) is 3.49. The molecule has 3 nitrogen and oxygen atoms in total. The van der Waals surface area contributed by atoms with E-state index in [0.29, 0.717) is 0 Å². The number of aryl methyl sites for hydroxylation is 1. The van der Waals surface area contributed by atoms with E-state index in [2.05, 4.69) is 29.7 Å². The van der Waals surface area contributed by atoms with Gasteiger partial charge in [-0.1, -0.05) is 19.1 Å². The maximum atomic E-state index is 12.1. The van der Waals surface area contributed by atoms with Crippen LogP contribution in [0, 0.1) is 0 Å². The largest absolute Gasteiger partial charge is 0.324 e. The zero-order valence-corrected chi connectivity index (χ0v) is 10.5. The molecule has 0 bridgehead atoms. The van der Waals surface area contributed by atoms with Crippen LogP contribution >= 0.6 is 0 Å². The average molecular weight is 232 g/mol. The molecular weight excluding hydrogens is 212 g/mol. The Balaban J connectivity index is 2.02. The number of anilines is 1. The van der Waals surface area contributed by atoms with Crippen molar-refractivity contribution in [1.82, 2.24) is 5.32 Å². The van der Waals surface area contributed by atoms with E-state index in [4.69, 9.17) is 0 Å². The van der Waals surface area contributed by atoms with Crippen LogP contribution in [0.5, 0.6) is 0 Å². The van der Waals surface area contributed by atoms with Crippen LogP contribution in [0.15, 0.2) is 24.3 Å². The number of hydrogen-bond donors (Lipinski definition) is 2. The highest BCUT2D eigenvalue weighted by Gasteiger charge is 2.35. The molecule has 17 heavy (non-hydrogen) atoms. The van der Waals surface area contributed by atoms with Crippen LogP contribution in [-0.4, -0.2) is 18.0 Å². The minimum absolute atomic E-state index is 0.0687. The summed E-state index contributed by atoms with van der Waals surface area (Å²) in [5, 5.41) is 6.24. The normalized spacial score (nSPS) is 23.6. The van der Waals surface area contributed by atoms with Gasteiger partial charge in [-0.3, -0.25) is 4.79 Å². The number of nitrogens with one attached hydrogen (secondary N) is 2. The molecule has 1 saturated heterocycles. The Morgan fingerprint density at radius 1 is 1.41 bits per heavy atom. The first-order valence-electron chi connectivity index (χ1n) is 6.29. The van der Waals surface area contributed by atoms with Gasteiger partial charge in [0.2, 0.25) is 5.91 Å². The van der Waals surface area contributed by atoms with E-state index in [1.54, 1.807) is 0 Å². The lowest BCUT2D eigenvalue weighted by atomic mass is 9.99. The molecule has 1 heterocycles. The molecule has 0 radical (unpaired) electrons. The fraction of sp³-hybridized carbons (Fsp3) is 0.500. The molecule has 1 unspecified atom stereocenters. The van der Waals surface area contributed by atoms with Gasteiger partial charge >= 0.3 is 0 Å². The summed E-state index contributed by atoms with van der Waals surface area (Å²) >= 11 is 0. The van der Waals surface area contributed by atoms with Gasteiger partial charge in [-0.15, -0.1) is 0 Å². The van der Waals surface area contributed by atoms with Crippen molar-refractivity contribution in [1.29, 1.82) is 0 Å². The van der Waals surface area contributed by atoms with E-state index in [0.717, 1.165) is 31.5 Å². The lowest BCUT2D eigenvalue weighted by molar-refractivity contribution is -0.121. The zero-order chi connectivity index (χ0) is 12.3. The quantitative estimate of drug-likeness (QED) is 0.839. The Morgan fingerprint density at radius 3 is 2.65 bits per heavy atom. The summed E-state index contributed by atoms with van der Waals surface area (Å²) in [6, 6.07) is 8.05. The predicted octanol–water partition coefficient (Wildman–Crippen LogP) is 2.33. The molecule has 2 rings (SSSR count). The van der Waals surface area contributed by atoms with Gasteiger partial charge in [-0.2, -0.15) is 0 Å². The monoisotopic (exact) mass is 232 g/mol. The fourth-order valence-electron chi connectivity index (χ4n) is 2.18. The number of carbonyl (C=O) groups is 1. The fourth-order valence-corrected chi connectivity index (χ4v) is 2.18. The highest BCUT2D eigenvalue weighted by atomic mass is 16.2. The molecule has 0 saturated carbocycles. The smallest absolute Gasteiger partial charge is 0.244 e. The van der Waals surface area contributed by atoms with Gasteiger partial charge in [0.05, 0.1) is 5.54 Å². The molecule has 1 atom stereocenters. The lowest BCUT2D eigenvalue weighted by Gasteiger charge is -2.23. The SMILES string of the molecule is CCc1ccc(NC(=O)C2(C)CCCN2)cc1. The first-order chi connectivity index (χ1) is 8.14. The summed E-state index contributed by atoms with van der Waals surface area (Å²) in [5.74, 6) is 0.0687. The van der Waals surface area contributed by atoms with Gasteiger partial charge in [0.1, 0.15) is 0 Å². The lowest BCUT2D eigenvalue weighted by Crippen LogP contribution is -2.47. The first-order valence-corrected chi connectivity index (χ1v) is 6.29. The molecule has 1 aromatic carbocycles. The number of benzene rings is 1. The number of hydrogen-bond acceptors (Lipinski definition) is 2. The van der Waals surface area contributed by atoms with Crippen molar-refractivity contribution in [3.63, 3.8) is 0 Å². The predicted molar refractivity (Wildman–Crippen MR) is 70.1 cm³/mol. The van der Waals surface area contributed by atoms with Gasteiger partial charge in [0.25, 0.3) is 0 Å². The van der Waals surface area contributed by atoms with E-state index < -0.39 is 5.54 Å². The van der Waals surface area contributed by atoms with Crippen LogP contribution in [0.1, 0.15) is 32.3 Å². The van der Waals surface area contributed by atoms with Gasteiger partial charge in [0.15, 0.2) is 0 Å². The van der Waals surface area contributed by atoms with Crippen LogP contribution in [0.4, 0.5) is 5.69 Å². The summed E-state index contributed by atoms with van der Waals surface area (Å²) in [5.41, 5.74) is 1.76. The Labute approximate surface area is 103 Å². The molecule has 0 spiro atoms. The van der Waals surface area contributed by atoms with E-state index in [9.17, 15) is 4.79 Å². The minimum Gasteiger partial charge on any atom is -0.324 e. The second kappa shape index (κ2) is 4.88. The van der Waals surface area contributed by atoms with Gasteiger partial charge in [-0.05, 0) is 50.4 Å². The molecule has 0 aromatic heterocycles. The van der Waals surface area contributed by atoms with Crippen LogP contribution < -0.4 is 10.6 Å². The van der Waals surface area contributed by atoms with Crippen LogP contribution in [0.25, 0.3) is 0 Å². The van der Waals surface area contributed by atoms with Crippen LogP contribution in [0.3, 0.4) is 0 Å². The third-order valence-corrected chi connectivity index (χ3v) is 3.49. The van der Waals surface area contributed by atoms with Crippen LogP contribution in [0.2, 0.25) is 0 Å². The summed E-state index contributed by atoms with van der Waals surface area (Å²) in [4.78, 5) is 12.1. The highest BCUT2D eigenvalue weighted by molar-refractivity contribution is 5.98. The molecule has 1 aliphatic rings. The van der Waals surface area contributed by atoms with Crippen molar-refractivity contribution < 1.29 is 4.79 Å². The standard InChI is InChI=1S/C14H20N2O/c1-3-11-5-7-12(8-6-11)16-13(17)14(2)9-4-10-15-14/h5-8,15H,3-4,9-10H2,1-2H3,(H,16,17). The van der Waals surface area contributed by atoms with Crippen molar-refractivity contribution in [2.24, 2.45) is 0 Å². The maximum absolute atomic E-state index is 12.1. The average Bonchev–Trinajstić information content (AvgIpc) is 2.78. The number of amides is 1. The van der Waals surface area contributed by atoms with Crippen molar-refractivity contribution in [2.45, 2.75) is 38.6 Å². The summed E-state index contributed by atoms with van der Waals surface area (Å²) in [6.07, 6.45) is 3.00. The van der Waals surface area contributed by atoms with Crippen molar-refractivity contribution in [2.75, 3.05) is 11.9 Å². The Morgan fingerprint density at radius 2 is 2.12 bits per heavy atom. The highest BCUT2D eigenvalue weighted by Crippen LogP contribution is 2.21. The van der Waals surface area contributed by atoms with Gasteiger partial charge < -0.3 is 10.6 Å². The van der Waals surface area contributed by atoms with E-state index in [1.807, 2.05) is 19.1 Å². The number of rotatable bonds is 3. The molecule has 92 valence electrons. The molecule has 1 fully saturated rings. The molecule has 0 aliphatic carbocycles. The molecule has 2 N–H and O–H groups in total. The molecular formula is C14H20N2O. The van der Waals surface area contributed by atoms with Crippen molar-refractivity contribution >= 4 is 11.6 Å². The third kappa shape index (κ3) is 2.67. The Kier molecular flexibility index (Phi) is 3.48. The van der Waals surface area contributed by atoms with E-state index >= 15 is 0 Å². The first kappa shape index (κ1) is 12.1. The van der Waals surface area contributed by atoms with E-state index in [1.165, 1.54) is 5.56 Å². The molecule has 1 aromatic rings. The minimum atomic E-state index is -0.399. The van der Waals surface area contributed by atoms with Crippen molar-refractivity contribution in [3.8, 4) is 0 Å². The van der Waals surface area contributed by atoms with E-state index in [-0.39, 0.29) is 5.91 Å². The Hall–Kier alpha value is -1.35. The number of carbonyl (C=O) groups excluding carboxylic acids is 1. The topological polar surface area (TPSA) is 41.1 Å². The molecule has 3 heteroatoms. The van der Waals surface area contributed by atoms with Gasteiger partial charge in [0, 0.05) is 5.69 Å². The summed E-state index contributed by atoms with van der Waals surface area (Å²) < 4.78 is 0. The zero-order valence-electron chi connectivity index (χ0n) is 10.5. The van der Waals surface area contributed by atoms with Crippen molar-refractivity contribution in [3.05, 3.63) is 29.8 Å². The van der Waals surface area contributed by atoms with Crippen LogP contribution in [-0.2, 0) is 11.2 Å². The second-order valence-electron chi connectivity index (χ2n) is 4.87. The second-order valence-corrected chi connectivity index (χ2v) is 4.87. The summed E-state index contributed by atoms with van der Waals surface area (Å²) in [6.45, 7) is 5.02. The maximum Gasteiger partial charge on any atom is 0.244 e. The molecule has 1 amide bonds. The molecule has 1 aliphatic heterocycles. The Bertz CT molecular complexity index is 391.